The lowest BCUT2D eigenvalue weighted by molar-refractivity contribution is 0.186. The number of aromatic nitrogens is 1. The summed E-state index contributed by atoms with van der Waals surface area (Å²) in [5.41, 5.74) is 1.72. The minimum absolute atomic E-state index is 0.210. The van der Waals surface area contributed by atoms with Crippen LogP contribution in [0.25, 0.3) is 0 Å². The number of thiazole rings is 1. The Bertz CT molecular complexity index is 1020. The first-order valence-corrected chi connectivity index (χ1v) is 12.0. The topological polar surface area (TPSA) is 68.7 Å². The van der Waals surface area contributed by atoms with E-state index >= 15 is 0 Å². The molecule has 30 heavy (non-hydrogen) atoms. The highest BCUT2D eigenvalue weighted by molar-refractivity contribution is 7.89. The van der Waals surface area contributed by atoms with E-state index in [1.54, 1.807) is 19.2 Å². The summed E-state index contributed by atoms with van der Waals surface area (Å²) in [7, 11) is -2.02. The van der Waals surface area contributed by atoms with Crippen molar-refractivity contribution in [1.29, 1.82) is 0 Å². The van der Waals surface area contributed by atoms with Gasteiger partial charge in [0, 0.05) is 25.6 Å². The maximum Gasteiger partial charge on any atom is 0.243 e. The van der Waals surface area contributed by atoms with Gasteiger partial charge in [0.1, 0.15) is 17.4 Å². The number of nitrogens with zero attached hydrogens (tertiary/aromatic N) is 2. The number of hydrogen-bond donors (Lipinski definition) is 0. The Morgan fingerprint density at radius 2 is 1.80 bits per heavy atom. The lowest BCUT2D eigenvalue weighted by Crippen LogP contribution is -2.32. The van der Waals surface area contributed by atoms with Crippen LogP contribution in [0.2, 0.25) is 0 Å². The molecule has 2 aromatic carbocycles. The number of methoxy groups -OCH3 is 1. The van der Waals surface area contributed by atoms with Gasteiger partial charge in [0.05, 0.1) is 17.1 Å². The van der Waals surface area contributed by atoms with Crippen molar-refractivity contribution in [1.82, 2.24) is 9.29 Å². The smallest absolute Gasteiger partial charge is 0.243 e. The van der Waals surface area contributed by atoms with Crippen molar-refractivity contribution in [2.45, 2.75) is 31.4 Å². The molecule has 1 heterocycles. The van der Waals surface area contributed by atoms with Crippen LogP contribution < -0.4 is 4.74 Å². The van der Waals surface area contributed by atoms with Crippen LogP contribution in [0.3, 0.4) is 0 Å². The van der Waals surface area contributed by atoms with Crippen LogP contribution >= 0.6 is 11.3 Å². The number of aryl methyl sites for hydroxylation is 1. The number of sulfonamides is 1. The third-order valence-corrected chi connectivity index (χ3v) is 7.19. The molecule has 160 valence electrons. The van der Waals surface area contributed by atoms with Gasteiger partial charge in [-0.3, -0.25) is 0 Å². The highest BCUT2D eigenvalue weighted by Gasteiger charge is 2.25. The maximum absolute atomic E-state index is 13.2. The summed E-state index contributed by atoms with van der Waals surface area (Å²) in [5.74, 6) is 0.775. The standard InChI is InChI=1S/C22H26N2O4S2/c1-18-9-11-21(12-10-18)30(25,26)24(13-6-14-27-2)15-19-17-29-22(23-19)16-28-20-7-4-3-5-8-20/h3-5,7-12,17H,6,13-16H2,1-2H3. The molecule has 0 bridgehead atoms. The van der Waals surface area contributed by atoms with Gasteiger partial charge in [-0.1, -0.05) is 35.9 Å². The molecule has 3 rings (SSSR count). The summed E-state index contributed by atoms with van der Waals surface area (Å²) in [5, 5.41) is 2.69. The van der Waals surface area contributed by atoms with Gasteiger partial charge < -0.3 is 9.47 Å². The van der Waals surface area contributed by atoms with E-state index < -0.39 is 10.0 Å². The SMILES string of the molecule is COCCCN(Cc1csc(COc2ccccc2)n1)S(=O)(=O)c1ccc(C)cc1. The van der Waals surface area contributed by atoms with Crippen LogP contribution in [0, 0.1) is 6.92 Å². The van der Waals surface area contributed by atoms with Crippen molar-refractivity contribution in [3.05, 3.63) is 76.2 Å². The van der Waals surface area contributed by atoms with Crippen molar-refractivity contribution in [3.8, 4) is 5.75 Å². The minimum Gasteiger partial charge on any atom is -0.486 e. The van der Waals surface area contributed by atoms with E-state index in [0.29, 0.717) is 31.9 Å². The number of para-hydroxylation sites is 1. The molecule has 0 aliphatic heterocycles. The first-order valence-electron chi connectivity index (χ1n) is 9.66. The fourth-order valence-corrected chi connectivity index (χ4v) is 5.01. The van der Waals surface area contributed by atoms with Gasteiger partial charge in [-0.25, -0.2) is 13.4 Å². The van der Waals surface area contributed by atoms with Crippen molar-refractivity contribution < 1.29 is 17.9 Å². The molecule has 0 N–H and O–H groups in total. The monoisotopic (exact) mass is 446 g/mol. The van der Waals surface area contributed by atoms with Gasteiger partial charge in [0.25, 0.3) is 0 Å². The molecule has 0 unspecified atom stereocenters. The molecule has 8 heteroatoms. The molecular weight excluding hydrogens is 420 g/mol. The summed E-state index contributed by atoms with van der Waals surface area (Å²) in [6.45, 7) is 3.34. The zero-order valence-corrected chi connectivity index (χ0v) is 18.8. The maximum atomic E-state index is 13.2. The van der Waals surface area contributed by atoms with Crippen molar-refractivity contribution in [2.24, 2.45) is 0 Å². The number of rotatable bonds is 11. The van der Waals surface area contributed by atoms with Crippen molar-refractivity contribution in [3.63, 3.8) is 0 Å². The van der Waals surface area contributed by atoms with E-state index in [0.717, 1.165) is 16.3 Å². The van der Waals surface area contributed by atoms with Gasteiger partial charge in [0.15, 0.2) is 0 Å². The van der Waals surface area contributed by atoms with Crippen molar-refractivity contribution in [2.75, 3.05) is 20.3 Å². The fraction of sp³-hybridized carbons (Fsp3) is 0.318. The molecule has 1 aromatic heterocycles. The first kappa shape index (κ1) is 22.4. The van der Waals surface area contributed by atoms with Crippen LogP contribution in [0.1, 0.15) is 22.7 Å². The number of ether oxygens (including phenoxy) is 2. The average Bonchev–Trinajstić information content (AvgIpc) is 3.20. The average molecular weight is 447 g/mol. The number of hydrogen-bond acceptors (Lipinski definition) is 6. The predicted octanol–water partition coefficient (Wildman–Crippen LogP) is 4.26. The van der Waals surface area contributed by atoms with Crippen LogP contribution in [-0.4, -0.2) is 38.0 Å². The molecule has 0 atom stereocenters. The largest absolute Gasteiger partial charge is 0.486 e. The Balaban J connectivity index is 1.71. The van der Waals surface area contributed by atoms with Crippen LogP contribution in [0.4, 0.5) is 0 Å². The summed E-state index contributed by atoms with van der Waals surface area (Å²) in [6, 6.07) is 16.4. The molecule has 0 spiro atoms. The zero-order valence-electron chi connectivity index (χ0n) is 17.2. The van der Waals surface area contributed by atoms with Crippen molar-refractivity contribution >= 4 is 21.4 Å². The summed E-state index contributed by atoms with van der Waals surface area (Å²) >= 11 is 1.47. The molecule has 0 fully saturated rings. The van der Waals surface area contributed by atoms with Gasteiger partial charge in [-0.05, 0) is 37.6 Å². The fourth-order valence-electron chi connectivity index (χ4n) is 2.86. The Kier molecular flexibility index (Phi) is 7.98. The molecular formula is C22H26N2O4S2. The zero-order chi connectivity index (χ0) is 21.4. The van der Waals surface area contributed by atoms with E-state index in [9.17, 15) is 8.42 Å². The van der Waals surface area contributed by atoms with E-state index in [1.807, 2.05) is 54.8 Å². The lowest BCUT2D eigenvalue weighted by atomic mass is 10.2. The second-order valence-corrected chi connectivity index (χ2v) is 9.71. The van der Waals surface area contributed by atoms with Gasteiger partial charge in [-0.2, -0.15) is 4.31 Å². The van der Waals surface area contributed by atoms with Gasteiger partial charge in [0.2, 0.25) is 10.0 Å². The highest BCUT2D eigenvalue weighted by Crippen LogP contribution is 2.21. The first-order chi connectivity index (χ1) is 14.5. The van der Waals surface area contributed by atoms with Gasteiger partial charge in [-0.15, -0.1) is 11.3 Å². The molecule has 6 nitrogen and oxygen atoms in total. The summed E-state index contributed by atoms with van der Waals surface area (Å²) in [6.07, 6.45) is 0.607. The Morgan fingerprint density at radius 3 is 2.50 bits per heavy atom. The third-order valence-electron chi connectivity index (χ3n) is 4.46. The Morgan fingerprint density at radius 1 is 1.07 bits per heavy atom. The Labute approximate surface area is 182 Å². The quantitative estimate of drug-likeness (QED) is 0.412. The summed E-state index contributed by atoms with van der Waals surface area (Å²) in [4.78, 5) is 4.86. The van der Waals surface area contributed by atoms with E-state index in [-0.39, 0.29) is 11.4 Å². The highest BCUT2D eigenvalue weighted by atomic mass is 32.2. The molecule has 0 amide bonds. The molecule has 0 saturated carbocycles. The molecule has 3 aromatic rings. The van der Waals surface area contributed by atoms with Crippen LogP contribution in [-0.2, 0) is 27.9 Å². The van der Waals surface area contributed by atoms with Crippen LogP contribution in [0.5, 0.6) is 5.75 Å². The number of benzene rings is 2. The third kappa shape index (κ3) is 6.12. The van der Waals surface area contributed by atoms with Crippen LogP contribution in [0.15, 0.2) is 64.9 Å². The molecule has 0 radical (unpaired) electrons. The van der Waals surface area contributed by atoms with E-state index in [1.165, 1.54) is 15.6 Å². The van der Waals surface area contributed by atoms with Gasteiger partial charge >= 0.3 is 0 Å². The van der Waals surface area contributed by atoms with E-state index in [4.69, 9.17) is 9.47 Å². The molecule has 0 aliphatic carbocycles. The van der Waals surface area contributed by atoms with E-state index in [2.05, 4.69) is 4.98 Å². The molecule has 0 aliphatic rings. The normalized spacial score (nSPS) is 11.7. The lowest BCUT2D eigenvalue weighted by Gasteiger charge is -2.21. The molecule has 0 saturated heterocycles. The Hall–Kier alpha value is -2.26. The minimum atomic E-state index is -3.63. The second kappa shape index (κ2) is 10.7. The summed E-state index contributed by atoms with van der Waals surface area (Å²) < 4.78 is 38.7. The predicted molar refractivity (Wildman–Crippen MR) is 118 cm³/mol. The second-order valence-electron chi connectivity index (χ2n) is 6.83.